The first kappa shape index (κ1) is 12.0. The van der Waals surface area contributed by atoms with Crippen molar-refractivity contribution in [1.82, 2.24) is 9.88 Å². The standard InChI is InChI=1S/C12H12N4O2/c1-7-3-4-8(6-13)11(14-7)15-9-5-10(17)16(2)12(9)18/h3-4,9H,5H2,1-2H3,(H,14,15). The number of aromatic nitrogens is 1. The predicted molar refractivity (Wildman–Crippen MR) is 63.5 cm³/mol. The molecule has 1 aromatic heterocycles. The van der Waals surface area contributed by atoms with Crippen LogP contribution in [0.1, 0.15) is 17.7 Å². The molecular formula is C12H12N4O2. The number of hydrogen-bond acceptors (Lipinski definition) is 5. The molecule has 1 aromatic rings. The van der Waals surface area contributed by atoms with Crippen molar-refractivity contribution in [2.75, 3.05) is 12.4 Å². The molecular weight excluding hydrogens is 232 g/mol. The summed E-state index contributed by atoms with van der Waals surface area (Å²) in [5.41, 5.74) is 1.09. The van der Waals surface area contributed by atoms with E-state index in [1.54, 1.807) is 19.1 Å². The number of imide groups is 1. The van der Waals surface area contributed by atoms with Gasteiger partial charge in [0.2, 0.25) is 5.91 Å². The third kappa shape index (κ3) is 2.02. The quantitative estimate of drug-likeness (QED) is 0.762. The molecule has 6 nitrogen and oxygen atoms in total. The van der Waals surface area contributed by atoms with E-state index in [1.807, 2.05) is 6.07 Å². The summed E-state index contributed by atoms with van der Waals surface area (Å²) in [6.07, 6.45) is 0.0931. The van der Waals surface area contributed by atoms with E-state index in [2.05, 4.69) is 10.3 Å². The maximum atomic E-state index is 11.7. The van der Waals surface area contributed by atoms with Gasteiger partial charge >= 0.3 is 0 Å². The molecule has 92 valence electrons. The molecule has 2 amide bonds. The number of carbonyl (C=O) groups excluding carboxylic acids is 2. The second-order valence-corrected chi connectivity index (χ2v) is 4.15. The molecule has 2 rings (SSSR count). The normalized spacial score (nSPS) is 18.9. The molecule has 0 aliphatic carbocycles. The number of likely N-dealkylation sites (tertiary alicyclic amines) is 1. The molecule has 1 fully saturated rings. The topological polar surface area (TPSA) is 86.1 Å². The van der Waals surface area contributed by atoms with Gasteiger partial charge in [-0.25, -0.2) is 4.98 Å². The van der Waals surface area contributed by atoms with Crippen LogP contribution in [0.5, 0.6) is 0 Å². The van der Waals surface area contributed by atoms with Gasteiger partial charge in [-0.3, -0.25) is 14.5 Å². The molecule has 18 heavy (non-hydrogen) atoms. The first-order chi connectivity index (χ1) is 8.52. The van der Waals surface area contributed by atoms with Crippen molar-refractivity contribution in [2.45, 2.75) is 19.4 Å². The van der Waals surface area contributed by atoms with Crippen molar-refractivity contribution in [3.8, 4) is 6.07 Å². The van der Waals surface area contributed by atoms with Crippen molar-refractivity contribution in [2.24, 2.45) is 0 Å². The van der Waals surface area contributed by atoms with Crippen LogP contribution in [0.25, 0.3) is 0 Å². The summed E-state index contributed by atoms with van der Waals surface area (Å²) in [7, 11) is 1.45. The van der Waals surface area contributed by atoms with Gasteiger partial charge in [0.05, 0.1) is 12.0 Å². The predicted octanol–water partition coefficient (Wildman–Crippen LogP) is 0.431. The Morgan fingerprint density at radius 2 is 2.22 bits per heavy atom. The number of hydrogen-bond donors (Lipinski definition) is 1. The van der Waals surface area contributed by atoms with Crippen LogP contribution in [0.3, 0.4) is 0 Å². The zero-order chi connectivity index (χ0) is 13.3. The van der Waals surface area contributed by atoms with Crippen LogP contribution in [0.15, 0.2) is 12.1 Å². The van der Waals surface area contributed by atoms with Crippen LogP contribution in [0, 0.1) is 18.3 Å². The molecule has 6 heteroatoms. The summed E-state index contributed by atoms with van der Waals surface area (Å²) < 4.78 is 0. The zero-order valence-corrected chi connectivity index (χ0v) is 10.1. The highest BCUT2D eigenvalue weighted by atomic mass is 16.2. The zero-order valence-electron chi connectivity index (χ0n) is 10.1. The fourth-order valence-corrected chi connectivity index (χ4v) is 1.79. The van der Waals surface area contributed by atoms with Crippen LogP contribution in [0.4, 0.5) is 5.82 Å². The molecule has 0 saturated carbocycles. The van der Waals surface area contributed by atoms with Crippen molar-refractivity contribution >= 4 is 17.6 Å². The van der Waals surface area contributed by atoms with Crippen LogP contribution in [-0.4, -0.2) is 34.8 Å². The molecule has 0 aromatic carbocycles. The first-order valence-corrected chi connectivity index (χ1v) is 5.47. The second kappa shape index (κ2) is 4.45. The number of rotatable bonds is 2. The maximum absolute atomic E-state index is 11.7. The Morgan fingerprint density at radius 1 is 1.50 bits per heavy atom. The van der Waals surface area contributed by atoms with E-state index in [9.17, 15) is 9.59 Å². The van der Waals surface area contributed by atoms with E-state index in [0.717, 1.165) is 10.6 Å². The van der Waals surface area contributed by atoms with Gasteiger partial charge in [0.15, 0.2) is 0 Å². The third-order valence-electron chi connectivity index (χ3n) is 2.85. The number of aryl methyl sites for hydroxylation is 1. The average Bonchev–Trinajstić information content (AvgIpc) is 2.57. The fourth-order valence-electron chi connectivity index (χ4n) is 1.79. The highest BCUT2D eigenvalue weighted by Crippen LogP contribution is 2.18. The van der Waals surface area contributed by atoms with Crippen molar-refractivity contribution < 1.29 is 9.59 Å². The van der Waals surface area contributed by atoms with Crippen LogP contribution < -0.4 is 5.32 Å². The van der Waals surface area contributed by atoms with Gasteiger partial charge < -0.3 is 5.32 Å². The second-order valence-electron chi connectivity index (χ2n) is 4.15. The summed E-state index contributed by atoms with van der Waals surface area (Å²) in [5, 5.41) is 11.8. The minimum Gasteiger partial charge on any atom is -0.357 e. The molecule has 1 aliphatic rings. The number of amides is 2. The Hall–Kier alpha value is -2.42. The summed E-state index contributed by atoms with van der Waals surface area (Å²) in [4.78, 5) is 28.4. The van der Waals surface area contributed by atoms with Gasteiger partial charge in [-0.15, -0.1) is 0 Å². The van der Waals surface area contributed by atoms with Crippen LogP contribution in [-0.2, 0) is 9.59 Å². The van der Waals surface area contributed by atoms with Gasteiger partial charge in [0, 0.05) is 12.7 Å². The number of likely N-dealkylation sites (N-methyl/N-ethyl adjacent to an activating group) is 1. The minimum absolute atomic E-state index is 0.0931. The molecule has 0 bridgehead atoms. The van der Waals surface area contributed by atoms with E-state index >= 15 is 0 Å². The third-order valence-corrected chi connectivity index (χ3v) is 2.85. The van der Waals surface area contributed by atoms with Crippen molar-refractivity contribution in [1.29, 1.82) is 5.26 Å². The van der Waals surface area contributed by atoms with Crippen LogP contribution in [0.2, 0.25) is 0 Å². The van der Waals surface area contributed by atoms with Crippen LogP contribution >= 0.6 is 0 Å². The van der Waals surface area contributed by atoms with Gasteiger partial charge in [-0.2, -0.15) is 5.26 Å². The van der Waals surface area contributed by atoms with Crippen molar-refractivity contribution in [3.05, 3.63) is 23.4 Å². The average molecular weight is 244 g/mol. The molecule has 1 N–H and O–H groups in total. The lowest BCUT2D eigenvalue weighted by Crippen LogP contribution is -2.32. The number of nitriles is 1. The van der Waals surface area contributed by atoms with Gasteiger partial charge in [0.1, 0.15) is 17.9 Å². The van der Waals surface area contributed by atoms with Gasteiger partial charge in [0.25, 0.3) is 5.91 Å². The van der Waals surface area contributed by atoms with E-state index in [-0.39, 0.29) is 18.2 Å². The SMILES string of the molecule is Cc1ccc(C#N)c(NC2CC(=O)N(C)C2=O)n1. The number of pyridine rings is 1. The molecule has 1 saturated heterocycles. The van der Waals surface area contributed by atoms with E-state index in [4.69, 9.17) is 5.26 Å². The Labute approximate surface area is 104 Å². The molecule has 2 heterocycles. The Balaban J connectivity index is 2.25. The van der Waals surface area contributed by atoms with Crippen molar-refractivity contribution in [3.63, 3.8) is 0 Å². The van der Waals surface area contributed by atoms with E-state index < -0.39 is 6.04 Å². The van der Waals surface area contributed by atoms with Gasteiger partial charge in [-0.05, 0) is 19.1 Å². The summed E-state index contributed by atoms with van der Waals surface area (Å²) in [6.45, 7) is 1.79. The maximum Gasteiger partial charge on any atom is 0.251 e. The highest BCUT2D eigenvalue weighted by molar-refractivity contribution is 6.06. The number of nitrogens with zero attached hydrogens (tertiary/aromatic N) is 3. The summed E-state index contributed by atoms with van der Waals surface area (Å²) >= 11 is 0. The first-order valence-electron chi connectivity index (χ1n) is 5.47. The van der Waals surface area contributed by atoms with Gasteiger partial charge in [-0.1, -0.05) is 0 Å². The number of nitrogens with one attached hydrogen (secondary N) is 1. The lowest BCUT2D eigenvalue weighted by molar-refractivity contribution is -0.136. The lowest BCUT2D eigenvalue weighted by Gasteiger charge is -2.13. The summed E-state index contributed by atoms with van der Waals surface area (Å²) in [6, 6.07) is 4.72. The Morgan fingerprint density at radius 3 is 2.78 bits per heavy atom. The van der Waals surface area contributed by atoms with E-state index in [0.29, 0.717) is 11.4 Å². The summed E-state index contributed by atoms with van der Waals surface area (Å²) in [5.74, 6) is -0.185. The smallest absolute Gasteiger partial charge is 0.251 e. The number of carbonyl (C=O) groups is 2. The molecule has 0 spiro atoms. The minimum atomic E-state index is -0.635. The molecule has 1 aliphatic heterocycles. The molecule has 1 unspecified atom stereocenters. The Bertz CT molecular complexity index is 562. The molecule has 0 radical (unpaired) electrons. The lowest BCUT2D eigenvalue weighted by atomic mass is 10.2. The Kier molecular flexibility index (Phi) is 2.98. The van der Waals surface area contributed by atoms with E-state index in [1.165, 1.54) is 7.05 Å². The molecule has 1 atom stereocenters. The number of anilines is 1. The highest BCUT2D eigenvalue weighted by Gasteiger charge is 2.36. The largest absolute Gasteiger partial charge is 0.357 e. The monoisotopic (exact) mass is 244 g/mol. The fraction of sp³-hybridized carbons (Fsp3) is 0.333.